The van der Waals surface area contributed by atoms with Crippen LogP contribution in [0, 0.1) is 11.8 Å². The van der Waals surface area contributed by atoms with Crippen molar-refractivity contribution in [2.24, 2.45) is 5.73 Å². The van der Waals surface area contributed by atoms with Gasteiger partial charge in [0, 0.05) is 34.9 Å². The van der Waals surface area contributed by atoms with Crippen molar-refractivity contribution in [1.29, 1.82) is 0 Å². The van der Waals surface area contributed by atoms with E-state index in [0.29, 0.717) is 5.56 Å². The maximum atomic E-state index is 12.1. The molecule has 21 heavy (non-hydrogen) atoms. The largest absolute Gasteiger partial charge is 0.320 e. The van der Waals surface area contributed by atoms with Gasteiger partial charge in [-0.25, -0.2) is 13.1 Å². The van der Waals surface area contributed by atoms with E-state index in [1.54, 1.807) is 0 Å². The van der Waals surface area contributed by atoms with Crippen molar-refractivity contribution in [3.63, 3.8) is 0 Å². The molecule has 0 radical (unpaired) electrons. The second-order valence-electron chi connectivity index (χ2n) is 3.95. The van der Waals surface area contributed by atoms with Gasteiger partial charge >= 0.3 is 0 Å². The van der Waals surface area contributed by atoms with E-state index < -0.39 is 20.8 Å². The van der Waals surface area contributed by atoms with Gasteiger partial charge in [-0.3, -0.25) is 4.21 Å². The molecule has 9 heteroatoms. The van der Waals surface area contributed by atoms with Gasteiger partial charge in [0.25, 0.3) is 0 Å². The monoisotopic (exact) mass is 368 g/mol. The van der Waals surface area contributed by atoms with E-state index >= 15 is 0 Å². The number of hydrogen-bond donors (Lipinski definition) is 2. The van der Waals surface area contributed by atoms with Gasteiger partial charge in [0.1, 0.15) is 4.90 Å². The molecule has 1 aromatic carbocycles. The van der Waals surface area contributed by atoms with E-state index in [0.717, 1.165) is 0 Å². The van der Waals surface area contributed by atoms with Crippen molar-refractivity contribution in [2.45, 2.75) is 4.90 Å². The first-order chi connectivity index (χ1) is 9.77. The summed E-state index contributed by atoms with van der Waals surface area (Å²) >= 11 is 12.0. The predicted octanol–water partition coefficient (Wildman–Crippen LogP) is 0.960. The number of rotatable bonds is 5. The van der Waals surface area contributed by atoms with Crippen LogP contribution in [0.2, 0.25) is 10.0 Å². The highest BCUT2D eigenvalue weighted by atomic mass is 35.5. The third-order valence-corrected chi connectivity index (χ3v) is 5.44. The number of nitrogens with two attached hydrogens (primary N) is 1. The number of nitrogens with one attached hydrogen (secondary N) is 1. The molecule has 0 amide bonds. The van der Waals surface area contributed by atoms with Crippen LogP contribution in [0.1, 0.15) is 5.56 Å². The first-order valence-corrected chi connectivity index (χ1v) is 9.72. The fraction of sp³-hybridized carbons (Fsp3) is 0.333. The van der Waals surface area contributed by atoms with Crippen molar-refractivity contribution in [2.75, 3.05) is 25.1 Å². The average Bonchev–Trinajstić information content (AvgIpc) is 2.34. The average molecular weight is 369 g/mol. The van der Waals surface area contributed by atoms with Crippen molar-refractivity contribution >= 4 is 44.0 Å². The summed E-state index contributed by atoms with van der Waals surface area (Å²) < 4.78 is 37.5. The smallest absolute Gasteiger partial charge is 0.243 e. The fourth-order valence-corrected chi connectivity index (χ4v) is 4.20. The molecule has 0 saturated carbocycles. The molecule has 1 unspecified atom stereocenters. The Morgan fingerprint density at radius 3 is 2.38 bits per heavy atom. The Labute approximate surface area is 136 Å². The minimum atomic E-state index is -3.88. The molecule has 0 heterocycles. The quantitative estimate of drug-likeness (QED) is 0.757. The Morgan fingerprint density at radius 2 is 1.90 bits per heavy atom. The van der Waals surface area contributed by atoms with Crippen LogP contribution in [-0.2, 0) is 20.8 Å². The number of halogens is 2. The molecule has 0 aliphatic carbocycles. The minimum Gasteiger partial charge on any atom is -0.320 e. The van der Waals surface area contributed by atoms with Gasteiger partial charge in [-0.2, -0.15) is 0 Å². The molecule has 0 aliphatic rings. The molecule has 0 bridgehead atoms. The lowest BCUT2D eigenvalue weighted by molar-refractivity contribution is 0.584. The Kier molecular flexibility index (Phi) is 7.13. The summed E-state index contributed by atoms with van der Waals surface area (Å²) in [4.78, 5) is -0.217. The molecule has 1 aromatic rings. The standard InChI is InChI=1S/C12H14Cl2N2O3S2/c1-20(17)6-5-16-21(18,19)12-10(13)7-9(3-2-4-15)8-11(12)14/h7-8,16H,4-6,15H2,1H3. The van der Waals surface area contributed by atoms with Gasteiger partial charge in [-0.15, -0.1) is 0 Å². The molecule has 1 rings (SSSR count). The SMILES string of the molecule is CS(=O)CCNS(=O)(=O)c1c(Cl)cc(C#CCN)cc1Cl. The molecular weight excluding hydrogens is 355 g/mol. The summed E-state index contributed by atoms with van der Waals surface area (Å²) in [6, 6.07) is 2.81. The van der Waals surface area contributed by atoms with E-state index in [9.17, 15) is 12.6 Å². The lowest BCUT2D eigenvalue weighted by atomic mass is 10.2. The third kappa shape index (κ3) is 5.58. The van der Waals surface area contributed by atoms with E-state index in [4.69, 9.17) is 28.9 Å². The predicted molar refractivity (Wildman–Crippen MR) is 86.5 cm³/mol. The van der Waals surface area contributed by atoms with Crippen LogP contribution in [0.15, 0.2) is 17.0 Å². The molecule has 3 N–H and O–H groups in total. The lowest BCUT2D eigenvalue weighted by Crippen LogP contribution is -2.28. The van der Waals surface area contributed by atoms with Crippen LogP contribution < -0.4 is 10.5 Å². The molecule has 1 atom stereocenters. The first kappa shape index (κ1) is 18.4. The van der Waals surface area contributed by atoms with Gasteiger partial charge < -0.3 is 5.73 Å². The molecule has 116 valence electrons. The maximum absolute atomic E-state index is 12.1. The summed E-state index contributed by atoms with van der Waals surface area (Å²) in [5, 5.41) is -0.0668. The van der Waals surface area contributed by atoms with Gasteiger partial charge in [0.05, 0.1) is 16.6 Å². The van der Waals surface area contributed by atoms with E-state index in [2.05, 4.69) is 16.6 Å². The Bertz CT molecular complexity index is 686. The van der Waals surface area contributed by atoms with E-state index in [1.807, 2.05) is 0 Å². The van der Waals surface area contributed by atoms with Crippen LogP contribution in [0.25, 0.3) is 0 Å². The van der Waals surface area contributed by atoms with Crippen LogP contribution in [0.5, 0.6) is 0 Å². The molecule has 0 aromatic heterocycles. The van der Waals surface area contributed by atoms with Gasteiger partial charge in [0.2, 0.25) is 10.0 Å². The topological polar surface area (TPSA) is 89.3 Å². The van der Waals surface area contributed by atoms with Crippen LogP contribution >= 0.6 is 23.2 Å². The first-order valence-electron chi connectivity index (χ1n) is 5.75. The van der Waals surface area contributed by atoms with Crippen LogP contribution in [0.3, 0.4) is 0 Å². The van der Waals surface area contributed by atoms with Gasteiger partial charge in [0.15, 0.2) is 0 Å². The maximum Gasteiger partial charge on any atom is 0.243 e. The summed E-state index contributed by atoms with van der Waals surface area (Å²) in [6.45, 7) is 0.206. The molecule has 0 aliphatic heterocycles. The van der Waals surface area contributed by atoms with Crippen molar-refractivity contribution in [3.05, 3.63) is 27.7 Å². The Morgan fingerprint density at radius 1 is 1.33 bits per heavy atom. The molecule has 0 saturated heterocycles. The zero-order valence-corrected chi connectivity index (χ0v) is 14.3. The van der Waals surface area contributed by atoms with Crippen molar-refractivity contribution in [1.82, 2.24) is 4.72 Å². The molecule has 5 nitrogen and oxygen atoms in total. The van der Waals surface area contributed by atoms with Gasteiger partial charge in [-0.1, -0.05) is 35.0 Å². The zero-order chi connectivity index (χ0) is 16.0. The number of benzene rings is 1. The highest BCUT2D eigenvalue weighted by molar-refractivity contribution is 7.89. The van der Waals surface area contributed by atoms with Crippen molar-refractivity contribution < 1.29 is 12.6 Å². The summed E-state index contributed by atoms with van der Waals surface area (Å²) in [7, 11) is -4.97. The second-order valence-corrected chi connectivity index (χ2v) is 8.02. The highest BCUT2D eigenvalue weighted by Crippen LogP contribution is 2.30. The highest BCUT2D eigenvalue weighted by Gasteiger charge is 2.22. The van der Waals surface area contributed by atoms with E-state index in [1.165, 1.54) is 18.4 Å². The normalized spacial score (nSPS) is 12.6. The Hall–Kier alpha value is -0.620. The molecule has 0 fully saturated rings. The minimum absolute atomic E-state index is 0.0334. The van der Waals surface area contributed by atoms with Crippen LogP contribution in [-0.4, -0.2) is 37.7 Å². The third-order valence-electron chi connectivity index (χ3n) is 2.28. The van der Waals surface area contributed by atoms with Crippen LogP contribution in [0.4, 0.5) is 0 Å². The van der Waals surface area contributed by atoms with Crippen molar-refractivity contribution in [3.8, 4) is 11.8 Å². The fourth-order valence-electron chi connectivity index (χ4n) is 1.43. The number of hydrogen-bond acceptors (Lipinski definition) is 4. The summed E-state index contributed by atoms with van der Waals surface area (Å²) in [5.74, 6) is 5.55. The molecular formula is C12H14Cl2N2O3S2. The Balaban J connectivity index is 3.10. The zero-order valence-electron chi connectivity index (χ0n) is 11.2. The lowest BCUT2D eigenvalue weighted by Gasteiger charge is -2.10. The molecule has 0 spiro atoms. The second kappa shape index (κ2) is 8.13. The van der Waals surface area contributed by atoms with E-state index in [-0.39, 0.29) is 33.8 Å². The summed E-state index contributed by atoms with van der Waals surface area (Å²) in [6.07, 6.45) is 1.49. The van der Waals surface area contributed by atoms with Gasteiger partial charge in [-0.05, 0) is 12.1 Å². The number of sulfonamides is 1. The summed E-state index contributed by atoms with van der Waals surface area (Å²) in [5.41, 5.74) is 5.74.